The van der Waals surface area contributed by atoms with Gasteiger partial charge in [0.1, 0.15) is 0 Å². The first-order valence-corrected chi connectivity index (χ1v) is 7.63. The van der Waals surface area contributed by atoms with E-state index in [2.05, 4.69) is 24.5 Å². The van der Waals surface area contributed by atoms with Crippen molar-refractivity contribution in [3.8, 4) is 0 Å². The fourth-order valence-corrected chi connectivity index (χ4v) is 2.24. The van der Waals surface area contributed by atoms with E-state index >= 15 is 0 Å². The molecule has 1 atom stereocenters. The minimum Gasteiger partial charge on any atom is -0.358 e. The number of likely N-dealkylation sites (N-methyl/N-ethyl adjacent to an activating group) is 1. The molecule has 0 aliphatic carbocycles. The lowest BCUT2D eigenvalue weighted by Crippen LogP contribution is -2.45. The van der Waals surface area contributed by atoms with Gasteiger partial charge >= 0.3 is 0 Å². The topological polar surface area (TPSA) is 41.1 Å². The molecule has 3 heteroatoms. The van der Waals surface area contributed by atoms with Gasteiger partial charge in [0.05, 0.1) is 6.04 Å². The fraction of sp³-hybridized carbons (Fsp3) is 0.933. The van der Waals surface area contributed by atoms with Gasteiger partial charge in [-0.2, -0.15) is 0 Å². The van der Waals surface area contributed by atoms with E-state index in [4.69, 9.17) is 0 Å². The Hall–Kier alpha value is -0.570. The predicted octanol–water partition coefficient (Wildman–Crippen LogP) is 3.24. The summed E-state index contributed by atoms with van der Waals surface area (Å²) in [5.74, 6) is 0.0889. The molecule has 0 heterocycles. The molecule has 0 spiro atoms. The molecule has 0 rings (SSSR count). The van der Waals surface area contributed by atoms with Crippen LogP contribution in [0.25, 0.3) is 0 Å². The van der Waals surface area contributed by atoms with Gasteiger partial charge in [0.15, 0.2) is 0 Å². The molecule has 0 radical (unpaired) electrons. The van der Waals surface area contributed by atoms with Gasteiger partial charge in [0.25, 0.3) is 0 Å². The zero-order valence-electron chi connectivity index (χ0n) is 12.7. The van der Waals surface area contributed by atoms with E-state index in [1.165, 1.54) is 51.4 Å². The Bertz CT molecular complexity index is 197. The zero-order chi connectivity index (χ0) is 13.8. The summed E-state index contributed by atoms with van der Waals surface area (Å²) < 4.78 is 0. The molecule has 1 amide bonds. The summed E-state index contributed by atoms with van der Waals surface area (Å²) in [5.41, 5.74) is 0. The van der Waals surface area contributed by atoms with Gasteiger partial charge in [-0.1, -0.05) is 52.4 Å². The molecule has 0 aromatic heterocycles. The maximum Gasteiger partial charge on any atom is 0.236 e. The smallest absolute Gasteiger partial charge is 0.236 e. The van der Waals surface area contributed by atoms with Gasteiger partial charge in [0, 0.05) is 13.1 Å². The highest BCUT2D eigenvalue weighted by Gasteiger charge is 2.16. The molecule has 0 aliphatic heterocycles. The summed E-state index contributed by atoms with van der Waals surface area (Å²) in [4.78, 5) is 11.5. The first-order chi connectivity index (χ1) is 8.65. The van der Waals surface area contributed by atoms with Crippen LogP contribution in [-0.4, -0.2) is 25.0 Å². The monoisotopic (exact) mass is 256 g/mol. The van der Waals surface area contributed by atoms with Crippen molar-refractivity contribution in [3.63, 3.8) is 0 Å². The van der Waals surface area contributed by atoms with E-state index in [9.17, 15) is 4.79 Å². The summed E-state index contributed by atoms with van der Waals surface area (Å²) >= 11 is 0. The zero-order valence-corrected chi connectivity index (χ0v) is 12.7. The normalized spacial score (nSPS) is 12.7. The van der Waals surface area contributed by atoms with Crippen LogP contribution in [0.15, 0.2) is 0 Å². The number of hydrogen-bond donors (Lipinski definition) is 2. The summed E-state index contributed by atoms with van der Waals surface area (Å²) in [6, 6.07) is 0.415. The van der Waals surface area contributed by atoms with Gasteiger partial charge in [-0.15, -0.1) is 0 Å². The van der Waals surface area contributed by atoms with Crippen molar-refractivity contribution in [3.05, 3.63) is 0 Å². The predicted molar refractivity (Wildman–Crippen MR) is 78.7 cm³/mol. The number of rotatable bonds is 11. The Kier molecular flexibility index (Phi) is 11.2. The lowest BCUT2D eigenvalue weighted by Gasteiger charge is -2.22. The van der Waals surface area contributed by atoms with Crippen molar-refractivity contribution in [1.82, 2.24) is 10.6 Å². The number of carbonyl (C=O) groups excluding carboxylic acids is 1. The van der Waals surface area contributed by atoms with E-state index in [1.54, 1.807) is 7.05 Å². The van der Waals surface area contributed by atoms with Crippen LogP contribution in [0.2, 0.25) is 0 Å². The highest BCUT2D eigenvalue weighted by atomic mass is 16.2. The van der Waals surface area contributed by atoms with Crippen LogP contribution < -0.4 is 10.6 Å². The second-order valence-corrected chi connectivity index (χ2v) is 5.19. The summed E-state index contributed by atoms with van der Waals surface area (Å²) in [5, 5.41) is 6.18. The Labute approximate surface area is 113 Å². The number of unbranched alkanes of at least 4 members (excludes halogenated alkanes) is 4. The van der Waals surface area contributed by atoms with Gasteiger partial charge in [-0.25, -0.2) is 0 Å². The minimum absolute atomic E-state index is 0.0803. The van der Waals surface area contributed by atoms with Gasteiger partial charge in [-0.05, 0) is 19.8 Å². The molecule has 1 unspecified atom stereocenters. The van der Waals surface area contributed by atoms with Crippen molar-refractivity contribution in [2.45, 2.75) is 84.2 Å². The number of amides is 1. The quantitative estimate of drug-likeness (QED) is 0.557. The maximum absolute atomic E-state index is 11.5. The molecule has 0 saturated carbocycles. The summed E-state index contributed by atoms with van der Waals surface area (Å²) in [6.45, 7) is 6.41. The second kappa shape index (κ2) is 11.5. The lowest BCUT2D eigenvalue weighted by atomic mass is 10.0. The summed E-state index contributed by atoms with van der Waals surface area (Å²) in [7, 11) is 1.70. The van der Waals surface area contributed by atoms with Crippen molar-refractivity contribution in [2.75, 3.05) is 7.05 Å². The standard InChI is InChI=1S/C15H32N2O/c1-5-7-9-11-14(12-10-8-6-2)17-13(3)15(18)16-4/h13-14,17H,5-12H2,1-4H3,(H,16,18). The Balaban J connectivity index is 4.05. The maximum atomic E-state index is 11.5. The molecule has 18 heavy (non-hydrogen) atoms. The molecule has 0 fully saturated rings. The number of nitrogens with one attached hydrogen (secondary N) is 2. The first kappa shape index (κ1) is 17.4. The van der Waals surface area contributed by atoms with E-state index < -0.39 is 0 Å². The fourth-order valence-electron chi connectivity index (χ4n) is 2.24. The summed E-state index contributed by atoms with van der Waals surface area (Å²) in [6.07, 6.45) is 10.0. The van der Waals surface area contributed by atoms with Crippen LogP contribution in [0.3, 0.4) is 0 Å². The van der Waals surface area contributed by atoms with Crippen molar-refractivity contribution < 1.29 is 4.79 Å². The molecular formula is C15H32N2O. The van der Waals surface area contributed by atoms with E-state index in [1.807, 2.05) is 6.92 Å². The van der Waals surface area contributed by atoms with Gasteiger partial charge in [-0.3, -0.25) is 4.79 Å². The third-order valence-corrected chi connectivity index (χ3v) is 3.44. The van der Waals surface area contributed by atoms with Crippen LogP contribution in [-0.2, 0) is 4.79 Å². The van der Waals surface area contributed by atoms with Crippen molar-refractivity contribution >= 4 is 5.91 Å². The number of hydrogen-bond acceptors (Lipinski definition) is 2. The molecule has 2 N–H and O–H groups in total. The molecule has 108 valence electrons. The number of carbonyl (C=O) groups is 1. The van der Waals surface area contributed by atoms with Crippen LogP contribution in [0, 0.1) is 0 Å². The first-order valence-electron chi connectivity index (χ1n) is 7.63. The highest BCUT2D eigenvalue weighted by Crippen LogP contribution is 2.11. The molecular weight excluding hydrogens is 224 g/mol. The molecule has 0 aliphatic rings. The molecule has 0 aromatic carbocycles. The lowest BCUT2D eigenvalue weighted by molar-refractivity contribution is -0.122. The molecule has 0 saturated heterocycles. The molecule has 0 aromatic rings. The van der Waals surface area contributed by atoms with Crippen molar-refractivity contribution in [2.24, 2.45) is 0 Å². The SMILES string of the molecule is CCCCCC(CCCCC)NC(C)C(=O)NC. The van der Waals surface area contributed by atoms with Gasteiger partial charge < -0.3 is 10.6 Å². The molecule has 3 nitrogen and oxygen atoms in total. The average molecular weight is 256 g/mol. The Morgan fingerprint density at radius 2 is 1.50 bits per heavy atom. The average Bonchev–Trinajstić information content (AvgIpc) is 2.37. The van der Waals surface area contributed by atoms with Crippen molar-refractivity contribution in [1.29, 1.82) is 0 Å². The van der Waals surface area contributed by atoms with Crippen LogP contribution >= 0.6 is 0 Å². The van der Waals surface area contributed by atoms with Crippen LogP contribution in [0.1, 0.15) is 72.1 Å². The third kappa shape index (κ3) is 8.51. The van der Waals surface area contributed by atoms with E-state index in [0.717, 1.165) is 0 Å². The van der Waals surface area contributed by atoms with Gasteiger partial charge in [0.2, 0.25) is 5.91 Å². The van der Waals surface area contributed by atoms with Crippen LogP contribution in [0.4, 0.5) is 0 Å². The van der Waals surface area contributed by atoms with E-state index in [-0.39, 0.29) is 11.9 Å². The Morgan fingerprint density at radius 3 is 1.89 bits per heavy atom. The second-order valence-electron chi connectivity index (χ2n) is 5.19. The van der Waals surface area contributed by atoms with Crippen LogP contribution in [0.5, 0.6) is 0 Å². The third-order valence-electron chi connectivity index (χ3n) is 3.44. The molecule has 0 bridgehead atoms. The largest absolute Gasteiger partial charge is 0.358 e. The minimum atomic E-state index is -0.0803. The highest BCUT2D eigenvalue weighted by molar-refractivity contribution is 5.80. The van der Waals surface area contributed by atoms with E-state index in [0.29, 0.717) is 6.04 Å². The Morgan fingerprint density at radius 1 is 1.00 bits per heavy atom.